The van der Waals surface area contributed by atoms with Crippen LogP contribution in [0.1, 0.15) is 21.7 Å². The van der Waals surface area contributed by atoms with Crippen molar-refractivity contribution in [3.63, 3.8) is 0 Å². The van der Waals surface area contributed by atoms with E-state index in [2.05, 4.69) is 10.3 Å². The van der Waals surface area contributed by atoms with Crippen molar-refractivity contribution in [2.45, 2.75) is 20.4 Å². The summed E-state index contributed by atoms with van der Waals surface area (Å²) in [5, 5.41) is 7.65. The third-order valence-corrected chi connectivity index (χ3v) is 2.72. The number of hydrogen-bond acceptors (Lipinski definition) is 4. The molecule has 0 aliphatic carbocycles. The highest BCUT2D eigenvalue weighted by Gasteiger charge is 2.06. The predicted molar refractivity (Wildman–Crippen MR) is 66.8 cm³/mol. The van der Waals surface area contributed by atoms with Crippen LogP contribution in [-0.4, -0.2) is 27.9 Å². The fourth-order valence-corrected chi connectivity index (χ4v) is 1.58. The maximum absolute atomic E-state index is 10.6. The largest absolute Gasteiger partial charge is 0.492 e. The van der Waals surface area contributed by atoms with Gasteiger partial charge < -0.3 is 4.74 Å². The van der Waals surface area contributed by atoms with Crippen molar-refractivity contribution < 1.29 is 9.53 Å². The Labute approximate surface area is 105 Å². The molecule has 2 aromatic rings. The highest BCUT2D eigenvalue weighted by molar-refractivity contribution is 5.72. The zero-order chi connectivity index (χ0) is 13.0. The zero-order valence-electron chi connectivity index (χ0n) is 10.5. The van der Waals surface area contributed by atoms with Gasteiger partial charge in [-0.3, -0.25) is 4.79 Å². The summed E-state index contributed by atoms with van der Waals surface area (Å²) >= 11 is 0. The van der Waals surface area contributed by atoms with Crippen LogP contribution in [0.15, 0.2) is 24.3 Å². The Bertz CT molecular complexity index is 532. The Morgan fingerprint density at radius 2 is 2.00 bits per heavy atom. The van der Waals surface area contributed by atoms with Crippen molar-refractivity contribution in [1.29, 1.82) is 0 Å². The van der Waals surface area contributed by atoms with Crippen molar-refractivity contribution in [3.05, 3.63) is 41.2 Å². The molecule has 18 heavy (non-hydrogen) atoms. The molecule has 5 heteroatoms. The molecule has 0 unspecified atom stereocenters. The molecule has 0 atom stereocenters. The van der Waals surface area contributed by atoms with Crippen LogP contribution >= 0.6 is 0 Å². The van der Waals surface area contributed by atoms with E-state index in [0.29, 0.717) is 25.1 Å². The molecule has 0 saturated carbocycles. The lowest BCUT2D eigenvalue weighted by Crippen LogP contribution is -2.11. The number of aryl methyl sites for hydroxylation is 1. The van der Waals surface area contributed by atoms with Gasteiger partial charge in [-0.25, -0.2) is 4.68 Å². The maximum Gasteiger partial charge on any atom is 0.172 e. The second kappa shape index (κ2) is 5.44. The first kappa shape index (κ1) is 12.3. The minimum atomic E-state index is 0.380. The van der Waals surface area contributed by atoms with Gasteiger partial charge >= 0.3 is 0 Å². The van der Waals surface area contributed by atoms with Crippen LogP contribution in [0.2, 0.25) is 0 Å². The van der Waals surface area contributed by atoms with E-state index in [0.717, 1.165) is 11.4 Å². The number of carbonyl (C=O) groups excluding carboxylic acids is 1. The van der Waals surface area contributed by atoms with E-state index in [4.69, 9.17) is 4.74 Å². The van der Waals surface area contributed by atoms with Gasteiger partial charge in [-0.2, -0.15) is 0 Å². The number of rotatable bonds is 5. The van der Waals surface area contributed by atoms with Crippen LogP contribution < -0.4 is 4.74 Å². The molecule has 94 valence electrons. The highest BCUT2D eigenvalue weighted by Crippen LogP contribution is 2.11. The Kier molecular flexibility index (Phi) is 3.72. The molecule has 0 aliphatic heterocycles. The number of ether oxygens (including phenoxy) is 1. The molecule has 0 fully saturated rings. The SMILES string of the molecule is Cc1ccc(OCCn2nnc(C=O)c2C)cc1. The van der Waals surface area contributed by atoms with Crippen molar-refractivity contribution in [2.75, 3.05) is 6.61 Å². The normalized spacial score (nSPS) is 10.3. The molecule has 1 aromatic heterocycles. The molecule has 1 heterocycles. The standard InChI is InChI=1S/C13H15N3O2/c1-10-3-5-12(6-4-10)18-8-7-16-11(2)13(9-17)14-15-16/h3-6,9H,7-8H2,1-2H3. The molecule has 2 rings (SSSR count). The van der Waals surface area contributed by atoms with Crippen molar-refractivity contribution in [1.82, 2.24) is 15.0 Å². The van der Waals surface area contributed by atoms with Gasteiger partial charge in [-0.1, -0.05) is 22.9 Å². The van der Waals surface area contributed by atoms with Crippen molar-refractivity contribution >= 4 is 6.29 Å². The molecule has 5 nitrogen and oxygen atoms in total. The fraction of sp³-hybridized carbons (Fsp3) is 0.308. The van der Waals surface area contributed by atoms with Gasteiger partial charge in [0.15, 0.2) is 6.29 Å². The maximum atomic E-state index is 10.6. The third kappa shape index (κ3) is 2.74. The van der Waals surface area contributed by atoms with Crippen molar-refractivity contribution in [2.24, 2.45) is 0 Å². The molecule has 0 amide bonds. The van der Waals surface area contributed by atoms with E-state index in [1.165, 1.54) is 5.56 Å². The predicted octanol–water partition coefficient (Wildman–Crippen LogP) is 1.79. The second-order valence-electron chi connectivity index (χ2n) is 4.06. The molecule has 0 bridgehead atoms. The lowest BCUT2D eigenvalue weighted by molar-refractivity contribution is 0.111. The van der Waals surface area contributed by atoms with Gasteiger partial charge in [0, 0.05) is 0 Å². The lowest BCUT2D eigenvalue weighted by atomic mass is 10.2. The van der Waals surface area contributed by atoms with Gasteiger partial charge in [0.2, 0.25) is 0 Å². The Morgan fingerprint density at radius 1 is 1.28 bits per heavy atom. The molecular weight excluding hydrogens is 230 g/mol. The topological polar surface area (TPSA) is 57.0 Å². The zero-order valence-corrected chi connectivity index (χ0v) is 10.5. The molecule has 0 saturated heterocycles. The van der Waals surface area contributed by atoms with Crippen molar-refractivity contribution in [3.8, 4) is 5.75 Å². The van der Waals surface area contributed by atoms with E-state index in [-0.39, 0.29) is 0 Å². The summed E-state index contributed by atoms with van der Waals surface area (Å²) in [6, 6.07) is 7.86. The van der Waals surface area contributed by atoms with Crippen LogP contribution in [0.5, 0.6) is 5.75 Å². The quantitative estimate of drug-likeness (QED) is 0.753. The minimum absolute atomic E-state index is 0.380. The Balaban J connectivity index is 1.90. The van der Waals surface area contributed by atoms with Crippen LogP contribution in [0.3, 0.4) is 0 Å². The van der Waals surface area contributed by atoms with Gasteiger partial charge in [-0.15, -0.1) is 5.10 Å². The minimum Gasteiger partial charge on any atom is -0.492 e. The van der Waals surface area contributed by atoms with Crippen LogP contribution in [0.25, 0.3) is 0 Å². The number of carbonyl (C=O) groups is 1. The second-order valence-corrected chi connectivity index (χ2v) is 4.06. The van der Waals surface area contributed by atoms with E-state index in [1.54, 1.807) is 4.68 Å². The summed E-state index contributed by atoms with van der Waals surface area (Å²) in [7, 11) is 0. The van der Waals surface area contributed by atoms with E-state index < -0.39 is 0 Å². The number of nitrogens with zero attached hydrogens (tertiary/aromatic N) is 3. The summed E-state index contributed by atoms with van der Waals surface area (Å²) in [6.07, 6.45) is 0.708. The molecule has 0 aliphatic rings. The van der Waals surface area contributed by atoms with Crippen LogP contribution in [0.4, 0.5) is 0 Å². The summed E-state index contributed by atoms with van der Waals surface area (Å²) in [4.78, 5) is 10.6. The molecule has 1 aromatic carbocycles. The smallest absolute Gasteiger partial charge is 0.172 e. The monoisotopic (exact) mass is 245 g/mol. The molecule has 0 radical (unpaired) electrons. The summed E-state index contributed by atoms with van der Waals surface area (Å²) < 4.78 is 7.25. The number of benzene rings is 1. The summed E-state index contributed by atoms with van der Waals surface area (Å²) in [5.41, 5.74) is 2.34. The van der Waals surface area contributed by atoms with Crippen LogP contribution in [-0.2, 0) is 6.54 Å². The van der Waals surface area contributed by atoms with Gasteiger partial charge in [0.05, 0.1) is 12.2 Å². The summed E-state index contributed by atoms with van der Waals surface area (Å²) in [6.45, 7) is 4.91. The van der Waals surface area contributed by atoms with E-state index in [1.807, 2.05) is 38.1 Å². The fourth-order valence-electron chi connectivity index (χ4n) is 1.58. The first-order valence-electron chi connectivity index (χ1n) is 5.75. The number of aldehydes is 1. The Morgan fingerprint density at radius 3 is 2.61 bits per heavy atom. The molecule has 0 spiro atoms. The van der Waals surface area contributed by atoms with E-state index in [9.17, 15) is 4.79 Å². The van der Waals surface area contributed by atoms with Crippen LogP contribution in [0, 0.1) is 13.8 Å². The first-order valence-corrected chi connectivity index (χ1v) is 5.75. The van der Waals surface area contributed by atoms with Gasteiger partial charge in [-0.05, 0) is 26.0 Å². The first-order chi connectivity index (χ1) is 8.70. The highest BCUT2D eigenvalue weighted by atomic mass is 16.5. The molecule has 0 N–H and O–H groups in total. The molecular formula is C13H15N3O2. The third-order valence-electron chi connectivity index (χ3n) is 2.72. The lowest BCUT2D eigenvalue weighted by Gasteiger charge is -2.07. The number of hydrogen-bond donors (Lipinski definition) is 0. The van der Waals surface area contributed by atoms with Gasteiger partial charge in [0.1, 0.15) is 18.1 Å². The number of aromatic nitrogens is 3. The van der Waals surface area contributed by atoms with E-state index >= 15 is 0 Å². The summed E-state index contributed by atoms with van der Waals surface area (Å²) in [5.74, 6) is 0.828. The Hall–Kier alpha value is -2.17. The average molecular weight is 245 g/mol. The van der Waals surface area contributed by atoms with Gasteiger partial charge in [0.25, 0.3) is 0 Å². The average Bonchev–Trinajstić information content (AvgIpc) is 2.73.